The second-order valence-corrected chi connectivity index (χ2v) is 4.76. The Morgan fingerprint density at radius 1 is 1.00 bits per heavy atom. The van der Waals surface area contributed by atoms with Gasteiger partial charge in [-0.25, -0.2) is 0 Å². The van der Waals surface area contributed by atoms with Gasteiger partial charge in [0.25, 0.3) is 0 Å². The predicted octanol–water partition coefficient (Wildman–Crippen LogP) is 3.65. The Balaban J connectivity index is 2.83. The second-order valence-electron chi connectivity index (χ2n) is 3.60. The Morgan fingerprint density at radius 2 is 1.43 bits per heavy atom. The van der Waals surface area contributed by atoms with E-state index >= 15 is 0 Å². The lowest BCUT2D eigenvalue weighted by molar-refractivity contribution is 0.193. The van der Waals surface area contributed by atoms with Crippen LogP contribution in [0.1, 0.15) is 37.0 Å². The van der Waals surface area contributed by atoms with Crippen LogP contribution in [0.5, 0.6) is 0 Å². The largest absolute Gasteiger partial charge is 0.386 e. The lowest BCUT2D eigenvalue weighted by atomic mass is 10.0. The number of benzene rings is 1. The second kappa shape index (κ2) is 5.01. The molecule has 0 aliphatic carbocycles. The van der Waals surface area contributed by atoms with E-state index < -0.39 is 10.9 Å². The van der Waals surface area contributed by atoms with Crippen molar-refractivity contribution in [3.8, 4) is 0 Å². The summed E-state index contributed by atoms with van der Waals surface area (Å²) in [5.41, 5.74) is 1.99. The number of rotatable bonds is 3. The van der Waals surface area contributed by atoms with Crippen molar-refractivity contribution in [2.24, 2.45) is 0 Å². The molecule has 0 saturated heterocycles. The van der Waals surface area contributed by atoms with Crippen molar-refractivity contribution in [2.75, 3.05) is 0 Å². The standard InChI is InChI=1S/C11H14Cl2O/c1-7(2)8-3-5-9(6-4-8)10(14)11(12)13/h3-7,10-11,14H,1-2H3. The van der Waals surface area contributed by atoms with E-state index in [1.54, 1.807) is 0 Å². The Hall–Kier alpha value is -0.240. The minimum absolute atomic E-state index is 0.490. The topological polar surface area (TPSA) is 20.2 Å². The third-order valence-electron chi connectivity index (χ3n) is 2.18. The first-order valence-electron chi connectivity index (χ1n) is 4.58. The summed E-state index contributed by atoms with van der Waals surface area (Å²) in [7, 11) is 0. The molecular formula is C11H14Cl2O. The molecular weight excluding hydrogens is 219 g/mol. The number of hydrogen-bond acceptors (Lipinski definition) is 1. The molecule has 0 aliphatic heterocycles. The fraction of sp³-hybridized carbons (Fsp3) is 0.455. The number of hydrogen-bond donors (Lipinski definition) is 1. The van der Waals surface area contributed by atoms with Gasteiger partial charge in [0.05, 0.1) is 0 Å². The van der Waals surface area contributed by atoms with Crippen molar-refractivity contribution >= 4 is 23.2 Å². The molecule has 1 aromatic rings. The quantitative estimate of drug-likeness (QED) is 0.790. The number of halogens is 2. The van der Waals surface area contributed by atoms with Gasteiger partial charge < -0.3 is 5.11 Å². The summed E-state index contributed by atoms with van der Waals surface area (Å²) in [4.78, 5) is -0.778. The van der Waals surface area contributed by atoms with Crippen LogP contribution >= 0.6 is 23.2 Å². The van der Waals surface area contributed by atoms with Gasteiger partial charge >= 0.3 is 0 Å². The smallest absolute Gasteiger partial charge is 0.137 e. The zero-order valence-electron chi connectivity index (χ0n) is 8.24. The summed E-state index contributed by atoms with van der Waals surface area (Å²) < 4.78 is 0. The van der Waals surface area contributed by atoms with E-state index in [2.05, 4.69) is 13.8 Å². The number of aliphatic hydroxyl groups excluding tert-OH is 1. The van der Waals surface area contributed by atoms with Gasteiger partial charge in [0.2, 0.25) is 0 Å². The van der Waals surface area contributed by atoms with Gasteiger partial charge in [-0.1, -0.05) is 38.1 Å². The summed E-state index contributed by atoms with van der Waals surface area (Å²) in [5, 5.41) is 9.56. The maximum absolute atomic E-state index is 9.56. The zero-order chi connectivity index (χ0) is 10.7. The van der Waals surface area contributed by atoms with Crippen molar-refractivity contribution < 1.29 is 5.11 Å². The monoisotopic (exact) mass is 232 g/mol. The molecule has 1 unspecified atom stereocenters. The third-order valence-corrected chi connectivity index (χ3v) is 2.66. The molecule has 0 radical (unpaired) electrons. The Bertz CT molecular complexity index is 280. The van der Waals surface area contributed by atoms with E-state index in [4.69, 9.17) is 23.2 Å². The van der Waals surface area contributed by atoms with Gasteiger partial charge in [-0.15, -0.1) is 23.2 Å². The van der Waals surface area contributed by atoms with E-state index in [9.17, 15) is 5.11 Å². The van der Waals surface area contributed by atoms with Crippen molar-refractivity contribution in [2.45, 2.75) is 30.7 Å². The lowest BCUT2D eigenvalue weighted by Gasteiger charge is -2.13. The molecule has 0 spiro atoms. The summed E-state index contributed by atoms with van der Waals surface area (Å²) in [6.45, 7) is 4.24. The minimum atomic E-state index is -0.806. The van der Waals surface area contributed by atoms with Gasteiger partial charge in [0.1, 0.15) is 10.9 Å². The molecule has 0 aliphatic rings. The average Bonchev–Trinajstić information content (AvgIpc) is 2.16. The first kappa shape index (κ1) is 11.8. The maximum Gasteiger partial charge on any atom is 0.137 e. The minimum Gasteiger partial charge on any atom is -0.386 e. The molecule has 78 valence electrons. The lowest BCUT2D eigenvalue weighted by Crippen LogP contribution is -2.05. The number of aliphatic hydroxyl groups is 1. The molecule has 0 bridgehead atoms. The highest BCUT2D eigenvalue weighted by Gasteiger charge is 2.15. The SMILES string of the molecule is CC(C)c1ccc(C(O)C(Cl)Cl)cc1. The van der Waals surface area contributed by atoms with Crippen LogP contribution in [-0.2, 0) is 0 Å². The molecule has 1 aromatic carbocycles. The van der Waals surface area contributed by atoms with E-state index in [1.807, 2.05) is 24.3 Å². The van der Waals surface area contributed by atoms with Gasteiger partial charge in [0.15, 0.2) is 0 Å². The van der Waals surface area contributed by atoms with Crippen LogP contribution in [0.2, 0.25) is 0 Å². The Kier molecular flexibility index (Phi) is 4.24. The molecule has 1 atom stereocenters. The zero-order valence-corrected chi connectivity index (χ0v) is 9.76. The van der Waals surface area contributed by atoms with Crippen LogP contribution in [0.15, 0.2) is 24.3 Å². The van der Waals surface area contributed by atoms with Crippen molar-refractivity contribution in [1.82, 2.24) is 0 Å². The van der Waals surface area contributed by atoms with Crippen LogP contribution < -0.4 is 0 Å². The first-order chi connectivity index (χ1) is 6.52. The fourth-order valence-corrected chi connectivity index (χ4v) is 1.51. The molecule has 0 saturated carbocycles. The Morgan fingerprint density at radius 3 is 1.79 bits per heavy atom. The van der Waals surface area contributed by atoms with Gasteiger partial charge in [0, 0.05) is 0 Å². The molecule has 0 aromatic heterocycles. The first-order valence-corrected chi connectivity index (χ1v) is 5.45. The van der Waals surface area contributed by atoms with E-state index in [-0.39, 0.29) is 0 Å². The molecule has 1 nitrogen and oxygen atoms in total. The molecule has 0 fully saturated rings. The van der Waals surface area contributed by atoms with Crippen molar-refractivity contribution in [3.05, 3.63) is 35.4 Å². The molecule has 1 rings (SSSR count). The van der Waals surface area contributed by atoms with Crippen LogP contribution in [0.25, 0.3) is 0 Å². The van der Waals surface area contributed by atoms with Gasteiger partial charge in [-0.2, -0.15) is 0 Å². The summed E-state index contributed by atoms with van der Waals surface area (Å²) in [5.74, 6) is 0.490. The normalized spacial score (nSPS) is 13.6. The maximum atomic E-state index is 9.56. The summed E-state index contributed by atoms with van der Waals surface area (Å²) in [6, 6.07) is 7.69. The molecule has 0 heterocycles. The Labute approximate surface area is 94.7 Å². The van der Waals surface area contributed by atoms with Crippen molar-refractivity contribution in [3.63, 3.8) is 0 Å². The molecule has 0 amide bonds. The summed E-state index contributed by atoms with van der Waals surface area (Å²) >= 11 is 11.2. The highest BCUT2D eigenvalue weighted by atomic mass is 35.5. The van der Waals surface area contributed by atoms with E-state index in [0.717, 1.165) is 5.56 Å². The van der Waals surface area contributed by atoms with Crippen LogP contribution in [-0.4, -0.2) is 9.94 Å². The molecule has 14 heavy (non-hydrogen) atoms. The third kappa shape index (κ3) is 2.88. The van der Waals surface area contributed by atoms with E-state index in [0.29, 0.717) is 5.92 Å². The number of alkyl halides is 2. The van der Waals surface area contributed by atoms with Crippen molar-refractivity contribution in [1.29, 1.82) is 0 Å². The molecule has 3 heteroatoms. The predicted molar refractivity (Wildman–Crippen MR) is 61.0 cm³/mol. The van der Waals surface area contributed by atoms with Crippen LogP contribution in [0.3, 0.4) is 0 Å². The van der Waals surface area contributed by atoms with Crippen LogP contribution in [0.4, 0.5) is 0 Å². The summed E-state index contributed by atoms with van der Waals surface area (Å²) in [6.07, 6.45) is -0.806. The molecule has 1 N–H and O–H groups in total. The van der Waals surface area contributed by atoms with E-state index in [1.165, 1.54) is 5.56 Å². The average molecular weight is 233 g/mol. The van der Waals surface area contributed by atoms with Gasteiger partial charge in [-0.3, -0.25) is 0 Å². The fourth-order valence-electron chi connectivity index (χ4n) is 1.22. The van der Waals surface area contributed by atoms with Gasteiger partial charge in [-0.05, 0) is 17.0 Å². The highest BCUT2D eigenvalue weighted by molar-refractivity contribution is 6.44. The highest BCUT2D eigenvalue weighted by Crippen LogP contribution is 2.25. The van der Waals surface area contributed by atoms with Crippen LogP contribution in [0, 0.1) is 0 Å².